The van der Waals surface area contributed by atoms with Gasteiger partial charge in [0.05, 0.1) is 6.61 Å². The Balaban J connectivity index is 2.32. The summed E-state index contributed by atoms with van der Waals surface area (Å²) in [5, 5.41) is 29.6. The molecule has 1 aromatic carbocycles. The minimum atomic E-state index is -1.29. The molecule has 3 N–H and O–H groups in total. The predicted octanol–water partition coefficient (Wildman–Crippen LogP) is 1.34. The molecular weight excluding hydrogens is 298 g/mol. The van der Waals surface area contributed by atoms with Crippen molar-refractivity contribution < 1.29 is 24.9 Å². The van der Waals surface area contributed by atoms with Gasteiger partial charge in [0.1, 0.15) is 17.7 Å². The fourth-order valence-electron chi connectivity index (χ4n) is 2.49. The lowest BCUT2D eigenvalue weighted by atomic mass is 10.1. The van der Waals surface area contributed by atoms with Crippen LogP contribution in [0, 0.1) is 0 Å². The summed E-state index contributed by atoms with van der Waals surface area (Å²) in [7, 11) is 0. The van der Waals surface area contributed by atoms with Gasteiger partial charge < -0.3 is 25.0 Å². The molecule has 0 bridgehead atoms. The molecule has 0 saturated heterocycles. The molecule has 0 aliphatic carbocycles. The van der Waals surface area contributed by atoms with E-state index in [1.54, 1.807) is 20.8 Å². The molecule has 0 aromatic heterocycles. The Kier molecular flexibility index (Phi) is 4.97. The van der Waals surface area contributed by atoms with Crippen LogP contribution in [0.1, 0.15) is 26.3 Å². The molecule has 0 radical (unpaired) electrons. The Bertz CT molecular complexity index is 591. The van der Waals surface area contributed by atoms with Gasteiger partial charge in [-0.15, -0.1) is 0 Å². The number of hydrogen-bond donors (Lipinski definition) is 3. The van der Waals surface area contributed by atoms with Crippen molar-refractivity contribution in [1.82, 2.24) is 4.90 Å². The molecule has 0 spiro atoms. The van der Waals surface area contributed by atoms with Crippen LogP contribution in [0.5, 0.6) is 0 Å². The first-order valence-corrected chi connectivity index (χ1v) is 7.50. The first-order valence-electron chi connectivity index (χ1n) is 7.50. The lowest BCUT2D eigenvalue weighted by Gasteiger charge is -2.28. The molecule has 2 atom stereocenters. The first kappa shape index (κ1) is 17.3. The summed E-state index contributed by atoms with van der Waals surface area (Å²) in [5.41, 5.74) is 0.178. The van der Waals surface area contributed by atoms with E-state index in [0.29, 0.717) is 0 Å². The van der Waals surface area contributed by atoms with Crippen molar-refractivity contribution in [2.45, 2.75) is 45.1 Å². The fourth-order valence-corrected chi connectivity index (χ4v) is 2.49. The van der Waals surface area contributed by atoms with Gasteiger partial charge >= 0.3 is 0 Å². The second-order valence-corrected chi connectivity index (χ2v) is 6.54. The Morgan fingerprint density at radius 1 is 1.26 bits per heavy atom. The Hall–Kier alpha value is -2.05. The standard InChI is InChI=1S/C17H23NO5/c1-17(2,3)23-15-14(21)13(12(20)10-19)18(16(15)22)9-11-7-5-4-6-8-11/h4-8,12-13,19-21H,9-10H2,1-3H3/t12-,13-/m0/s1. The van der Waals surface area contributed by atoms with Gasteiger partial charge in [0, 0.05) is 6.54 Å². The van der Waals surface area contributed by atoms with Gasteiger partial charge in [-0.05, 0) is 26.3 Å². The molecule has 23 heavy (non-hydrogen) atoms. The molecule has 126 valence electrons. The third kappa shape index (κ3) is 3.83. The molecule has 1 aliphatic heterocycles. The minimum Gasteiger partial charge on any atom is -0.506 e. The van der Waals surface area contributed by atoms with E-state index in [2.05, 4.69) is 0 Å². The molecule has 1 aromatic rings. The summed E-state index contributed by atoms with van der Waals surface area (Å²) in [6, 6.07) is 8.20. The second kappa shape index (κ2) is 6.60. The highest BCUT2D eigenvalue weighted by atomic mass is 16.5. The predicted molar refractivity (Wildman–Crippen MR) is 84.4 cm³/mol. The SMILES string of the molecule is CC(C)(C)OC1=C(O)[C@H]([C@@H](O)CO)N(Cc2ccccc2)C1=O. The van der Waals surface area contributed by atoms with Crippen LogP contribution in [0.3, 0.4) is 0 Å². The average Bonchev–Trinajstić information content (AvgIpc) is 2.71. The molecule has 1 aliphatic rings. The number of aliphatic hydroxyl groups excluding tert-OH is 3. The highest BCUT2D eigenvalue weighted by Gasteiger charge is 2.45. The average molecular weight is 321 g/mol. The van der Waals surface area contributed by atoms with Gasteiger partial charge in [-0.25, -0.2) is 0 Å². The Morgan fingerprint density at radius 3 is 2.39 bits per heavy atom. The van der Waals surface area contributed by atoms with Gasteiger partial charge in [0.2, 0.25) is 5.76 Å². The van der Waals surface area contributed by atoms with E-state index in [1.807, 2.05) is 30.3 Å². The lowest BCUT2D eigenvalue weighted by molar-refractivity contribution is -0.135. The zero-order valence-electron chi connectivity index (χ0n) is 13.6. The minimum absolute atomic E-state index is 0.175. The number of carbonyl (C=O) groups excluding carboxylic acids is 1. The maximum atomic E-state index is 12.6. The van der Waals surface area contributed by atoms with Crippen molar-refractivity contribution in [3.63, 3.8) is 0 Å². The monoisotopic (exact) mass is 321 g/mol. The van der Waals surface area contributed by atoms with Gasteiger partial charge in [-0.3, -0.25) is 4.79 Å². The molecule has 1 amide bonds. The summed E-state index contributed by atoms with van der Waals surface area (Å²) in [4.78, 5) is 13.9. The van der Waals surface area contributed by atoms with Crippen LogP contribution in [-0.2, 0) is 16.1 Å². The molecule has 6 heteroatoms. The van der Waals surface area contributed by atoms with Gasteiger partial charge in [0.25, 0.3) is 5.91 Å². The van der Waals surface area contributed by atoms with Gasteiger partial charge in [-0.1, -0.05) is 30.3 Å². The molecule has 6 nitrogen and oxygen atoms in total. The van der Waals surface area contributed by atoms with Gasteiger partial charge in [0.15, 0.2) is 5.76 Å². The van der Waals surface area contributed by atoms with Crippen LogP contribution >= 0.6 is 0 Å². The molecule has 2 rings (SSSR count). The first-order chi connectivity index (χ1) is 10.7. The van der Waals surface area contributed by atoms with Crippen LogP contribution in [0.2, 0.25) is 0 Å². The summed E-state index contributed by atoms with van der Waals surface area (Å²) in [5.74, 6) is -1.02. The van der Waals surface area contributed by atoms with Crippen molar-refractivity contribution in [2.75, 3.05) is 6.61 Å². The number of carbonyl (C=O) groups is 1. The topological polar surface area (TPSA) is 90.2 Å². The summed E-state index contributed by atoms with van der Waals surface area (Å²) >= 11 is 0. The number of amides is 1. The van der Waals surface area contributed by atoms with Crippen molar-refractivity contribution in [2.24, 2.45) is 0 Å². The molecule has 0 unspecified atom stereocenters. The van der Waals surface area contributed by atoms with E-state index >= 15 is 0 Å². The van der Waals surface area contributed by atoms with E-state index in [4.69, 9.17) is 4.74 Å². The molecule has 1 heterocycles. The number of rotatable bonds is 5. The van der Waals surface area contributed by atoms with Crippen LogP contribution in [-0.4, -0.2) is 50.5 Å². The zero-order chi connectivity index (χ0) is 17.2. The van der Waals surface area contributed by atoms with Crippen LogP contribution < -0.4 is 0 Å². The van der Waals surface area contributed by atoms with Crippen molar-refractivity contribution in [1.29, 1.82) is 0 Å². The van der Waals surface area contributed by atoms with E-state index in [9.17, 15) is 20.1 Å². The summed E-state index contributed by atoms with van der Waals surface area (Å²) in [6.45, 7) is 4.91. The fraction of sp³-hybridized carbons (Fsp3) is 0.471. The van der Waals surface area contributed by atoms with Gasteiger partial charge in [-0.2, -0.15) is 0 Å². The highest BCUT2D eigenvalue weighted by molar-refractivity contribution is 5.95. The number of benzene rings is 1. The normalized spacial score (nSPS) is 20.1. The number of nitrogens with zero attached hydrogens (tertiary/aromatic N) is 1. The summed E-state index contributed by atoms with van der Waals surface area (Å²) < 4.78 is 5.56. The smallest absolute Gasteiger partial charge is 0.293 e. The maximum absolute atomic E-state index is 12.6. The Labute approximate surface area is 135 Å². The zero-order valence-corrected chi connectivity index (χ0v) is 13.6. The third-order valence-electron chi connectivity index (χ3n) is 3.46. The number of hydrogen-bond acceptors (Lipinski definition) is 5. The summed E-state index contributed by atoms with van der Waals surface area (Å²) in [6.07, 6.45) is -1.29. The lowest BCUT2D eigenvalue weighted by Crippen LogP contribution is -2.44. The van der Waals surface area contributed by atoms with E-state index in [1.165, 1.54) is 4.90 Å². The number of aliphatic hydroxyl groups is 3. The molecule has 0 fully saturated rings. The van der Waals surface area contributed by atoms with E-state index in [0.717, 1.165) is 5.56 Å². The Morgan fingerprint density at radius 2 is 1.87 bits per heavy atom. The maximum Gasteiger partial charge on any atom is 0.293 e. The number of ether oxygens (including phenoxy) is 1. The van der Waals surface area contributed by atoms with E-state index < -0.39 is 30.3 Å². The van der Waals surface area contributed by atoms with Crippen molar-refractivity contribution in [3.8, 4) is 0 Å². The van der Waals surface area contributed by atoms with Crippen molar-refractivity contribution in [3.05, 3.63) is 47.4 Å². The highest BCUT2D eigenvalue weighted by Crippen LogP contribution is 2.31. The third-order valence-corrected chi connectivity index (χ3v) is 3.46. The quantitative estimate of drug-likeness (QED) is 0.761. The van der Waals surface area contributed by atoms with Crippen molar-refractivity contribution >= 4 is 5.91 Å². The van der Waals surface area contributed by atoms with Crippen LogP contribution in [0.4, 0.5) is 0 Å². The van der Waals surface area contributed by atoms with Crippen LogP contribution in [0.15, 0.2) is 41.9 Å². The molecular formula is C17H23NO5. The second-order valence-electron chi connectivity index (χ2n) is 6.54. The van der Waals surface area contributed by atoms with E-state index in [-0.39, 0.29) is 18.1 Å². The largest absolute Gasteiger partial charge is 0.506 e. The van der Waals surface area contributed by atoms with Crippen LogP contribution in [0.25, 0.3) is 0 Å². The molecule has 0 saturated carbocycles.